The van der Waals surface area contributed by atoms with E-state index in [9.17, 15) is 13.2 Å². The lowest BCUT2D eigenvalue weighted by atomic mass is 10.1. The fraction of sp³-hybridized carbons (Fsp3) is 0.240. The van der Waals surface area contributed by atoms with Crippen LogP contribution in [0.15, 0.2) is 71.6 Å². The summed E-state index contributed by atoms with van der Waals surface area (Å²) in [7, 11) is -3.73. The molecule has 1 aliphatic heterocycles. The third kappa shape index (κ3) is 4.62. The molecular formula is C25H26N2O4S. The number of anilines is 2. The standard InChI is InChI=1S/C25H26N2O4S/c1-17-12-18(2)14-21(13-17)26-32(29,30)23-10-8-22(9-11-23)31-16-25(28)27-19(3)15-20-6-4-5-7-24(20)27/h4-14,19,26H,15-16H2,1-3H3/t19-/m1/s1. The highest BCUT2D eigenvalue weighted by Gasteiger charge is 2.30. The Labute approximate surface area is 188 Å². The van der Waals surface area contributed by atoms with Crippen LogP contribution in [-0.4, -0.2) is 27.0 Å². The SMILES string of the molecule is Cc1cc(C)cc(NS(=O)(=O)c2ccc(OCC(=O)N3c4ccccc4C[C@H]3C)cc2)c1. The van der Waals surface area contributed by atoms with Crippen LogP contribution in [0.25, 0.3) is 0 Å². The Morgan fingerprint density at radius 2 is 1.69 bits per heavy atom. The molecule has 0 aliphatic carbocycles. The molecule has 6 nitrogen and oxygen atoms in total. The minimum atomic E-state index is -3.73. The topological polar surface area (TPSA) is 75.7 Å². The molecule has 1 aliphatic rings. The second-order valence-electron chi connectivity index (χ2n) is 8.19. The van der Waals surface area contributed by atoms with Gasteiger partial charge >= 0.3 is 0 Å². The largest absolute Gasteiger partial charge is 0.484 e. The average molecular weight is 451 g/mol. The van der Waals surface area contributed by atoms with Crippen molar-refractivity contribution in [3.8, 4) is 5.75 Å². The van der Waals surface area contributed by atoms with E-state index in [1.165, 1.54) is 12.1 Å². The molecule has 0 bridgehead atoms. The summed E-state index contributed by atoms with van der Waals surface area (Å²) < 4.78 is 33.7. The molecule has 7 heteroatoms. The van der Waals surface area contributed by atoms with Gasteiger partial charge < -0.3 is 9.64 Å². The highest BCUT2D eigenvalue weighted by Crippen LogP contribution is 2.32. The Balaban J connectivity index is 1.41. The molecule has 3 aromatic rings. The van der Waals surface area contributed by atoms with E-state index in [0.29, 0.717) is 11.4 Å². The predicted octanol–water partition coefficient (Wildman–Crippen LogP) is 4.46. The van der Waals surface area contributed by atoms with E-state index in [1.54, 1.807) is 29.2 Å². The van der Waals surface area contributed by atoms with Gasteiger partial charge in [0.25, 0.3) is 15.9 Å². The molecule has 32 heavy (non-hydrogen) atoms. The molecular weight excluding hydrogens is 424 g/mol. The van der Waals surface area contributed by atoms with Crippen molar-refractivity contribution in [1.82, 2.24) is 0 Å². The second-order valence-corrected chi connectivity index (χ2v) is 9.87. The van der Waals surface area contributed by atoms with Gasteiger partial charge in [-0.1, -0.05) is 24.3 Å². The summed E-state index contributed by atoms with van der Waals surface area (Å²) in [5.74, 6) is 0.305. The third-order valence-corrected chi connectivity index (χ3v) is 6.84. The molecule has 0 unspecified atom stereocenters. The monoisotopic (exact) mass is 450 g/mol. The number of carbonyl (C=O) groups is 1. The van der Waals surface area contributed by atoms with E-state index in [0.717, 1.165) is 28.8 Å². The lowest BCUT2D eigenvalue weighted by Crippen LogP contribution is -2.39. The molecule has 0 saturated heterocycles. The zero-order chi connectivity index (χ0) is 22.9. The zero-order valence-corrected chi connectivity index (χ0v) is 19.1. The summed E-state index contributed by atoms with van der Waals surface area (Å²) in [6.07, 6.45) is 0.821. The summed E-state index contributed by atoms with van der Waals surface area (Å²) in [6.45, 7) is 5.73. The van der Waals surface area contributed by atoms with Crippen molar-refractivity contribution in [3.63, 3.8) is 0 Å². The van der Waals surface area contributed by atoms with Crippen molar-refractivity contribution in [2.75, 3.05) is 16.2 Å². The Morgan fingerprint density at radius 3 is 2.38 bits per heavy atom. The normalized spacial score (nSPS) is 15.3. The van der Waals surface area contributed by atoms with Crippen LogP contribution < -0.4 is 14.4 Å². The molecule has 4 rings (SSSR count). The Bertz CT molecular complexity index is 1230. The number of fused-ring (bicyclic) bond motifs is 1. The van der Waals surface area contributed by atoms with Gasteiger partial charge in [-0.2, -0.15) is 0 Å². The highest BCUT2D eigenvalue weighted by atomic mass is 32.2. The van der Waals surface area contributed by atoms with E-state index >= 15 is 0 Å². The Kier molecular flexibility index (Phi) is 5.93. The number of sulfonamides is 1. The van der Waals surface area contributed by atoms with E-state index in [-0.39, 0.29) is 23.5 Å². The molecule has 1 N–H and O–H groups in total. The minimum Gasteiger partial charge on any atom is -0.484 e. The van der Waals surface area contributed by atoms with E-state index in [1.807, 2.05) is 51.1 Å². The molecule has 1 atom stereocenters. The van der Waals surface area contributed by atoms with E-state index in [4.69, 9.17) is 4.74 Å². The summed E-state index contributed by atoms with van der Waals surface area (Å²) in [5, 5.41) is 0. The smallest absolute Gasteiger partial charge is 0.265 e. The Hall–Kier alpha value is -3.32. The lowest BCUT2D eigenvalue weighted by Gasteiger charge is -2.22. The fourth-order valence-electron chi connectivity index (χ4n) is 4.12. The van der Waals surface area contributed by atoms with E-state index in [2.05, 4.69) is 4.72 Å². The molecule has 1 amide bonds. The number of benzene rings is 3. The first-order valence-electron chi connectivity index (χ1n) is 10.5. The number of hydrogen-bond donors (Lipinski definition) is 1. The first-order chi connectivity index (χ1) is 15.2. The van der Waals surface area contributed by atoms with Crippen LogP contribution in [0.3, 0.4) is 0 Å². The third-order valence-electron chi connectivity index (χ3n) is 5.45. The summed E-state index contributed by atoms with van der Waals surface area (Å²) in [5.41, 5.74) is 4.55. The first kappa shape index (κ1) is 21.9. The van der Waals surface area contributed by atoms with Gasteiger partial charge in [0.15, 0.2) is 6.61 Å². The maximum absolute atomic E-state index is 12.8. The van der Waals surface area contributed by atoms with E-state index < -0.39 is 10.0 Å². The molecule has 1 heterocycles. The van der Waals surface area contributed by atoms with Crippen LogP contribution in [0.5, 0.6) is 5.75 Å². The maximum Gasteiger partial charge on any atom is 0.265 e. The molecule has 0 radical (unpaired) electrons. The molecule has 0 spiro atoms. The molecule has 3 aromatic carbocycles. The number of hydrogen-bond acceptors (Lipinski definition) is 4. The van der Waals surface area contributed by atoms with Crippen LogP contribution in [0.2, 0.25) is 0 Å². The van der Waals surface area contributed by atoms with Crippen molar-refractivity contribution >= 4 is 27.3 Å². The summed E-state index contributed by atoms with van der Waals surface area (Å²) in [6, 6.07) is 19.6. The van der Waals surface area contributed by atoms with Gasteiger partial charge in [-0.3, -0.25) is 9.52 Å². The van der Waals surface area contributed by atoms with Crippen LogP contribution in [0.4, 0.5) is 11.4 Å². The molecule has 0 saturated carbocycles. The van der Waals surface area contributed by atoms with Crippen LogP contribution in [0, 0.1) is 13.8 Å². The predicted molar refractivity (Wildman–Crippen MR) is 126 cm³/mol. The van der Waals surface area contributed by atoms with Gasteiger partial charge in [-0.25, -0.2) is 8.42 Å². The van der Waals surface area contributed by atoms with Crippen LogP contribution in [-0.2, 0) is 21.2 Å². The number of nitrogens with zero attached hydrogens (tertiary/aromatic N) is 1. The number of aryl methyl sites for hydroxylation is 2. The van der Waals surface area contributed by atoms with Gasteiger partial charge in [0.2, 0.25) is 0 Å². The molecule has 166 valence electrons. The number of rotatable bonds is 6. The van der Waals surface area contributed by atoms with Crippen LogP contribution in [0.1, 0.15) is 23.6 Å². The second kappa shape index (κ2) is 8.67. The quantitative estimate of drug-likeness (QED) is 0.602. The number of ether oxygens (including phenoxy) is 1. The van der Waals surface area contributed by atoms with Crippen molar-refractivity contribution in [1.29, 1.82) is 0 Å². The number of carbonyl (C=O) groups excluding carboxylic acids is 1. The van der Waals surface area contributed by atoms with Gasteiger partial charge in [0, 0.05) is 17.4 Å². The van der Waals surface area contributed by atoms with Gasteiger partial charge in [0.1, 0.15) is 5.75 Å². The lowest BCUT2D eigenvalue weighted by molar-refractivity contribution is -0.120. The van der Waals surface area contributed by atoms with Gasteiger partial charge in [-0.15, -0.1) is 0 Å². The number of para-hydroxylation sites is 1. The molecule has 0 fully saturated rings. The minimum absolute atomic E-state index is 0.0763. The first-order valence-corrected chi connectivity index (χ1v) is 12.0. The van der Waals surface area contributed by atoms with Crippen molar-refractivity contribution in [2.24, 2.45) is 0 Å². The van der Waals surface area contributed by atoms with Gasteiger partial charge in [0.05, 0.1) is 4.90 Å². The zero-order valence-electron chi connectivity index (χ0n) is 18.3. The number of amides is 1. The average Bonchev–Trinajstić information content (AvgIpc) is 3.07. The number of nitrogens with one attached hydrogen (secondary N) is 1. The van der Waals surface area contributed by atoms with Crippen molar-refractivity contribution < 1.29 is 17.9 Å². The Morgan fingerprint density at radius 1 is 1.03 bits per heavy atom. The molecule has 0 aromatic heterocycles. The van der Waals surface area contributed by atoms with Crippen molar-refractivity contribution in [3.05, 3.63) is 83.4 Å². The summed E-state index contributed by atoms with van der Waals surface area (Å²) >= 11 is 0. The fourth-order valence-corrected chi connectivity index (χ4v) is 5.16. The highest BCUT2D eigenvalue weighted by molar-refractivity contribution is 7.92. The van der Waals surface area contributed by atoms with Gasteiger partial charge in [-0.05, 0) is 86.3 Å². The summed E-state index contributed by atoms with van der Waals surface area (Å²) in [4.78, 5) is 14.7. The maximum atomic E-state index is 12.8. The van der Waals surface area contributed by atoms with Crippen LogP contribution >= 0.6 is 0 Å². The van der Waals surface area contributed by atoms with Crippen molar-refractivity contribution in [2.45, 2.75) is 38.1 Å².